The molecule has 9 heteroatoms. The number of rotatable bonds is 7. The molecular formula is C24H24FN3O4S. The standard InChI is InChI=1S/C24H24FN3O4S/c1-32-23-12-7-19(16-26-23)18-5-2-4-17(14-18)15-27-24(29)22-6-3-13-28(22)33(30,31)21-10-8-20(25)9-11-21/h2,4-5,7-12,14,16,22H,3,6,13,15H2,1H3,(H,27,29). The number of nitrogens with one attached hydrogen (secondary N) is 1. The highest BCUT2D eigenvalue weighted by Crippen LogP contribution is 2.27. The average molecular weight is 470 g/mol. The smallest absolute Gasteiger partial charge is 0.243 e. The molecule has 172 valence electrons. The summed E-state index contributed by atoms with van der Waals surface area (Å²) in [6.45, 7) is 0.509. The molecule has 1 aromatic heterocycles. The van der Waals surface area contributed by atoms with Gasteiger partial charge >= 0.3 is 0 Å². The van der Waals surface area contributed by atoms with Crippen LogP contribution in [0, 0.1) is 5.82 Å². The Hall–Kier alpha value is -3.30. The number of methoxy groups -OCH3 is 1. The molecular weight excluding hydrogens is 445 g/mol. The van der Waals surface area contributed by atoms with Crippen molar-refractivity contribution in [2.24, 2.45) is 0 Å². The van der Waals surface area contributed by atoms with Gasteiger partial charge in [-0.05, 0) is 60.4 Å². The fourth-order valence-electron chi connectivity index (χ4n) is 3.87. The van der Waals surface area contributed by atoms with Crippen LogP contribution in [0.15, 0.2) is 71.8 Å². The van der Waals surface area contributed by atoms with Gasteiger partial charge in [0.05, 0.1) is 12.0 Å². The van der Waals surface area contributed by atoms with Gasteiger partial charge in [0.15, 0.2) is 0 Å². The first kappa shape index (κ1) is 22.9. The molecule has 0 saturated carbocycles. The number of hydrogen-bond donors (Lipinski definition) is 1. The Morgan fingerprint density at radius 1 is 1.15 bits per heavy atom. The minimum atomic E-state index is -3.89. The van der Waals surface area contributed by atoms with Gasteiger partial charge in [0.1, 0.15) is 11.9 Å². The molecule has 1 fully saturated rings. The molecule has 0 bridgehead atoms. The maximum Gasteiger partial charge on any atom is 0.243 e. The van der Waals surface area contributed by atoms with E-state index in [0.29, 0.717) is 18.7 Å². The molecule has 3 aromatic rings. The zero-order valence-electron chi connectivity index (χ0n) is 18.1. The summed E-state index contributed by atoms with van der Waals surface area (Å²) in [6.07, 6.45) is 2.73. The summed E-state index contributed by atoms with van der Waals surface area (Å²) in [6, 6.07) is 15.2. The minimum Gasteiger partial charge on any atom is -0.481 e. The molecule has 1 aliphatic rings. The summed E-state index contributed by atoms with van der Waals surface area (Å²) in [5, 5.41) is 2.86. The van der Waals surface area contributed by atoms with Crippen molar-refractivity contribution in [1.82, 2.24) is 14.6 Å². The van der Waals surface area contributed by atoms with Gasteiger partial charge in [0, 0.05) is 30.9 Å². The molecule has 0 radical (unpaired) electrons. The van der Waals surface area contributed by atoms with Gasteiger partial charge in [-0.1, -0.05) is 18.2 Å². The maximum absolute atomic E-state index is 13.2. The predicted octanol–water partition coefficient (Wildman–Crippen LogP) is 3.37. The lowest BCUT2D eigenvalue weighted by Gasteiger charge is -2.23. The normalized spacial score (nSPS) is 16.5. The van der Waals surface area contributed by atoms with Crippen molar-refractivity contribution in [2.75, 3.05) is 13.7 Å². The number of hydrogen-bond acceptors (Lipinski definition) is 5. The van der Waals surface area contributed by atoms with Gasteiger partial charge in [0.2, 0.25) is 21.8 Å². The largest absolute Gasteiger partial charge is 0.481 e. The Balaban J connectivity index is 1.44. The number of halogens is 1. The molecule has 1 aliphatic heterocycles. The molecule has 2 heterocycles. The zero-order chi connectivity index (χ0) is 23.4. The van der Waals surface area contributed by atoms with Crippen LogP contribution in [0.1, 0.15) is 18.4 Å². The Labute approximate surface area is 192 Å². The topological polar surface area (TPSA) is 88.6 Å². The third-order valence-electron chi connectivity index (χ3n) is 5.60. The second-order valence-corrected chi connectivity index (χ2v) is 9.63. The summed E-state index contributed by atoms with van der Waals surface area (Å²) >= 11 is 0. The molecule has 33 heavy (non-hydrogen) atoms. The van der Waals surface area contributed by atoms with Crippen LogP contribution in [0.25, 0.3) is 11.1 Å². The maximum atomic E-state index is 13.2. The van der Waals surface area contributed by atoms with E-state index in [1.807, 2.05) is 30.3 Å². The van der Waals surface area contributed by atoms with Crippen molar-refractivity contribution >= 4 is 15.9 Å². The molecule has 1 saturated heterocycles. The van der Waals surface area contributed by atoms with Crippen LogP contribution < -0.4 is 10.1 Å². The highest BCUT2D eigenvalue weighted by atomic mass is 32.2. The fraction of sp³-hybridized carbons (Fsp3) is 0.250. The van der Waals surface area contributed by atoms with Gasteiger partial charge in [-0.25, -0.2) is 17.8 Å². The summed E-state index contributed by atoms with van der Waals surface area (Å²) in [4.78, 5) is 17.1. The second kappa shape index (κ2) is 9.68. The average Bonchev–Trinajstić information content (AvgIpc) is 3.34. The number of pyridine rings is 1. The number of ether oxygens (including phenoxy) is 1. The van der Waals surface area contributed by atoms with Crippen molar-refractivity contribution in [3.63, 3.8) is 0 Å². The minimum absolute atomic E-state index is 0.0237. The van der Waals surface area contributed by atoms with Crippen LogP contribution in [0.4, 0.5) is 4.39 Å². The molecule has 0 aliphatic carbocycles. The van der Waals surface area contributed by atoms with E-state index in [1.54, 1.807) is 19.4 Å². The molecule has 1 unspecified atom stereocenters. The Morgan fingerprint density at radius 3 is 2.64 bits per heavy atom. The van der Waals surface area contributed by atoms with E-state index in [4.69, 9.17) is 4.74 Å². The van der Waals surface area contributed by atoms with Gasteiger partial charge in [-0.3, -0.25) is 4.79 Å². The monoisotopic (exact) mass is 469 g/mol. The summed E-state index contributed by atoms with van der Waals surface area (Å²) in [5.74, 6) is -0.342. The third-order valence-corrected chi connectivity index (χ3v) is 7.52. The zero-order valence-corrected chi connectivity index (χ0v) is 18.9. The lowest BCUT2D eigenvalue weighted by Crippen LogP contribution is -2.45. The fourth-order valence-corrected chi connectivity index (χ4v) is 5.53. The van der Waals surface area contributed by atoms with Gasteiger partial charge in [-0.2, -0.15) is 4.31 Å². The third kappa shape index (κ3) is 5.04. The molecule has 1 amide bonds. The van der Waals surface area contributed by atoms with E-state index in [9.17, 15) is 17.6 Å². The molecule has 0 spiro atoms. The van der Waals surface area contributed by atoms with Crippen LogP contribution in [-0.2, 0) is 21.4 Å². The van der Waals surface area contributed by atoms with E-state index in [0.717, 1.165) is 28.8 Å². The first-order valence-electron chi connectivity index (χ1n) is 10.5. The Morgan fingerprint density at radius 2 is 1.94 bits per heavy atom. The predicted molar refractivity (Wildman–Crippen MR) is 121 cm³/mol. The van der Waals surface area contributed by atoms with E-state index >= 15 is 0 Å². The van der Waals surface area contributed by atoms with E-state index in [2.05, 4.69) is 10.3 Å². The van der Waals surface area contributed by atoms with Crippen LogP contribution in [-0.4, -0.2) is 43.3 Å². The van der Waals surface area contributed by atoms with Crippen LogP contribution in [0.5, 0.6) is 5.88 Å². The molecule has 1 atom stereocenters. The van der Waals surface area contributed by atoms with Crippen molar-refractivity contribution in [3.05, 3.63) is 78.2 Å². The van der Waals surface area contributed by atoms with E-state index in [1.165, 1.54) is 16.4 Å². The quantitative estimate of drug-likeness (QED) is 0.573. The summed E-state index contributed by atoms with van der Waals surface area (Å²) in [5.41, 5.74) is 2.73. The van der Waals surface area contributed by atoms with Crippen molar-refractivity contribution in [1.29, 1.82) is 0 Å². The number of carbonyl (C=O) groups excluding carboxylic acids is 1. The SMILES string of the molecule is COc1ccc(-c2cccc(CNC(=O)C3CCCN3S(=O)(=O)c3ccc(F)cc3)c2)cn1. The molecule has 2 aromatic carbocycles. The van der Waals surface area contributed by atoms with Crippen molar-refractivity contribution in [2.45, 2.75) is 30.3 Å². The Kier molecular flexibility index (Phi) is 6.71. The first-order chi connectivity index (χ1) is 15.9. The highest BCUT2D eigenvalue weighted by molar-refractivity contribution is 7.89. The number of aromatic nitrogens is 1. The lowest BCUT2D eigenvalue weighted by molar-refractivity contribution is -0.124. The number of nitrogens with zero attached hydrogens (tertiary/aromatic N) is 2. The number of benzene rings is 2. The highest BCUT2D eigenvalue weighted by Gasteiger charge is 2.39. The second-order valence-electron chi connectivity index (χ2n) is 7.74. The molecule has 7 nitrogen and oxygen atoms in total. The summed E-state index contributed by atoms with van der Waals surface area (Å²) in [7, 11) is -2.34. The van der Waals surface area contributed by atoms with Crippen LogP contribution in [0.3, 0.4) is 0 Å². The number of amides is 1. The lowest BCUT2D eigenvalue weighted by atomic mass is 10.0. The van der Waals surface area contributed by atoms with E-state index in [-0.39, 0.29) is 23.9 Å². The number of sulfonamides is 1. The molecule has 4 rings (SSSR count). The van der Waals surface area contributed by atoms with Gasteiger partial charge in [-0.15, -0.1) is 0 Å². The van der Waals surface area contributed by atoms with Crippen molar-refractivity contribution in [3.8, 4) is 17.0 Å². The van der Waals surface area contributed by atoms with E-state index < -0.39 is 21.9 Å². The summed E-state index contributed by atoms with van der Waals surface area (Å²) < 4.78 is 45.5. The Bertz CT molecular complexity index is 1230. The van der Waals surface area contributed by atoms with Crippen LogP contribution >= 0.6 is 0 Å². The van der Waals surface area contributed by atoms with Crippen molar-refractivity contribution < 1.29 is 22.3 Å². The molecule has 1 N–H and O–H groups in total. The first-order valence-corrected chi connectivity index (χ1v) is 12.0. The number of carbonyl (C=O) groups is 1. The van der Waals surface area contributed by atoms with Crippen LogP contribution in [0.2, 0.25) is 0 Å². The van der Waals surface area contributed by atoms with Gasteiger partial charge < -0.3 is 10.1 Å². The van der Waals surface area contributed by atoms with Gasteiger partial charge in [0.25, 0.3) is 0 Å².